The van der Waals surface area contributed by atoms with E-state index in [1.54, 1.807) is 37.6 Å². The maximum Gasteiger partial charge on any atom is 0.250 e. The molecule has 0 bridgehead atoms. The Kier molecular flexibility index (Phi) is 8.16. The summed E-state index contributed by atoms with van der Waals surface area (Å²) < 4.78 is 12.5. The predicted molar refractivity (Wildman–Crippen MR) is 163 cm³/mol. The molecule has 0 spiro atoms. The zero-order valence-electron chi connectivity index (χ0n) is 23.0. The van der Waals surface area contributed by atoms with E-state index in [0.29, 0.717) is 27.3 Å². The van der Waals surface area contributed by atoms with Gasteiger partial charge in [0.2, 0.25) is 5.91 Å². The molecule has 1 fully saturated rings. The smallest absolute Gasteiger partial charge is 0.250 e. The van der Waals surface area contributed by atoms with E-state index in [0.717, 1.165) is 28.3 Å². The molecule has 3 N–H and O–H groups in total. The number of pyridine rings is 1. The number of methoxy groups -OCH3 is 2. The number of ether oxygens (including phenoxy) is 2. The Hall–Kier alpha value is -4.12. The lowest BCUT2D eigenvalue weighted by Crippen LogP contribution is -2.29. The summed E-state index contributed by atoms with van der Waals surface area (Å²) in [6.07, 6.45) is 1.75. The van der Waals surface area contributed by atoms with Crippen LogP contribution in [0.25, 0.3) is 5.69 Å². The van der Waals surface area contributed by atoms with E-state index in [4.69, 9.17) is 33.3 Å². The first-order chi connectivity index (χ1) is 19.7. The molecule has 3 heterocycles. The Balaban J connectivity index is 1.66. The molecular weight excluding hydrogens is 562 g/mol. The van der Waals surface area contributed by atoms with Crippen LogP contribution >= 0.6 is 23.8 Å². The number of aromatic hydroxyl groups is 1. The molecular formula is C30H30ClN5O4S. The summed E-state index contributed by atoms with van der Waals surface area (Å²) in [6, 6.07) is 17.7. The fourth-order valence-corrected chi connectivity index (χ4v) is 5.86. The topological polar surface area (TPSA) is 101 Å². The van der Waals surface area contributed by atoms with Crippen LogP contribution in [0.2, 0.25) is 5.02 Å². The number of hydrogen-bond donors (Lipinski definition) is 3. The first-order valence-electron chi connectivity index (χ1n) is 12.9. The number of aromatic nitrogens is 2. The van der Waals surface area contributed by atoms with Crippen molar-refractivity contribution in [1.29, 1.82) is 0 Å². The number of nitrogens with one attached hydrogen (secondary N) is 2. The van der Waals surface area contributed by atoms with E-state index in [-0.39, 0.29) is 30.3 Å². The van der Waals surface area contributed by atoms with Crippen molar-refractivity contribution >= 4 is 46.2 Å². The maximum absolute atomic E-state index is 12.4. The zero-order valence-corrected chi connectivity index (χ0v) is 24.6. The summed E-state index contributed by atoms with van der Waals surface area (Å²) >= 11 is 12.2. The minimum Gasteiger partial charge on any atom is -0.506 e. The highest BCUT2D eigenvalue weighted by atomic mass is 35.5. The van der Waals surface area contributed by atoms with Gasteiger partial charge in [0, 0.05) is 35.4 Å². The molecule has 1 aliphatic heterocycles. The number of carbonyl (C=O) groups is 1. The second-order valence-electron chi connectivity index (χ2n) is 9.66. The van der Waals surface area contributed by atoms with Gasteiger partial charge < -0.3 is 34.7 Å². The second-order valence-corrected chi connectivity index (χ2v) is 10.5. The Bertz CT molecular complexity index is 1610. The second kappa shape index (κ2) is 11.8. The fraction of sp³-hybridized carbons (Fsp3) is 0.233. The molecule has 41 heavy (non-hydrogen) atoms. The van der Waals surface area contributed by atoms with E-state index in [1.807, 2.05) is 53.6 Å². The van der Waals surface area contributed by atoms with Crippen molar-refractivity contribution in [2.75, 3.05) is 31.0 Å². The molecule has 1 aliphatic rings. The molecule has 212 valence electrons. The van der Waals surface area contributed by atoms with Crippen LogP contribution in [0.4, 0.5) is 11.4 Å². The number of amides is 1. The molecule has 11 heteroatoms. The van der Waals surface area contributed by atoms with Gasteiger partial charge in [-0.05, 0) is 86.2 Å². The van der Waals surface area contributed by atoms with Crippen LogP contribution in [0, 0.1) is 13.8 Å². The van der Waals surface area contributed by atoms with E-state index >= 15 is 0 Å². The monoisotopic (exact) mass is 591 g/mol. The molecule has 1 amide bonds. The van der Waals surface area contributed by atoms with Crippen molar-refractivity contribution in [3.63, 3.8) is 0 Å². The molecule has 0 radical (unpaired) electrons. The Morgan fingerprint density at radius 1 is 1.15 bits per heavy atom. The van der Waals surface area contributed by atoms with Gasteiger partial charge in [-0.1, -0.05) is 17.7 Å². The lowest BCUT2D eigenvalue weighted by atomic mass is 9.96. The van der Waals surface area contributed by atoms with Gasteiger partial charge in [0.1, 0.15) is 18.1 Å². The average molecular weight is 592 g/mol. The summed E-state index contributed by atoms with van der Waals surface area (Å²) in [5.41, 5.74) is 5.44. The number of halogens is 1. The van der Waals surface area contributed by atoms with Crippen molar-refractivity contribution in [3.05, 3.63) is 94.5 Å². The number of nitrogens with zero attached hydrogens (tertiary/aromatic N) is 3. The van der Waals surface area contributed by atoms with E-state index in [1.165, 1.54) is 7.11 Å². The standard InChI is InChI=1S/C30H30ClN5O4S/c1-17-13-21(18(2)35(17)24-14-19(31)8-10-25(24)37)29-28(22-7-5-6-12-32-22)34-30(41)36(29)20-9-11-26(40-4)23(15-20)33-27(38)16-39-3/h5-15,28-29,37H,16H2,1-4H3,(H,33,38)(H,34,41)/t28-,29-/m0/s1. The molecule has 2 aromatic heterocycles. The predicted octanol–water partition coefficient (Wildman–Crippen LogP) is 5.62. The quantitative estimate of drug-likeness (QED) is 0.227. The largest absolute Gasteiger partial charge is 0.506 e. The summed E-state index contributed by atoms with van der Waals surface area (Å²) in [7, 11) is 3.01. The summed E-state index contributed by atoms with van der Waals surface area (Å²) in [6.45, 7) is 3.89. The molecule has 0 unspecified atom stereocenters. The molecule has 2 atom stereocenters. The van der Waals surface area contributed by atoms with Crippen LogP contribution in [-0.2, 0) is 9.53 Å². The van der Waals surface area contributed by atoms with Gasteiger partial charge in [-0.25, -0.2) is 0 Å². The summed E-state index contributed by atoms with van der Waals surface area (Å²) in [5, 5.41) is 18.1. The van der Waals surface area contributed by atoms with Crippen LogP contribution in [0.1, 0.15) is 34.7 Å². The molecule has 4 aromatic rings. The first-order valence-corrected chi connectivity index (χ1v) is 13.7. The number of hydrogen-bond acceptors (Lipinski definition) is 6. The zero-order chi connectivity index (χ0) is 29.3. The third-order valence-electron chi connectivity index (χ3n) is 7.08. The lowest BCUT2D eigenvalue weighted by Gasteiger charge is -2.29. The van der Waals surface area contributed by atoms with Crippen molar-refractivity contribution in [1.82, 2.24) is 14.9 Å². The van der Waals surface area contributed by atoms with E-state index in [9.17, 15) is 9.90 Å². The van der Waals surface area contributed by atoms with Crippen LogP contribution in [0.3, 0.4) is 0 Å². The normalized spacial score (nSPS) is 16.5. The minimum atomic E-state index is -0.324. The summed E-state index contributed by atoms with van der Waals surface area (Å²) in [5.74, 6) is 0.314. The number of thiocarbonyl (C=S) groups is 1. The molecule has 5 rings (SSSR count). The van der Waals surface area contributed by atoms with Crippen molar-refractivity contribution in [3.8, 4) is 17.2 Å². The van der Waals surface area contributed by atoms with Gasteiger partial charge in [0.15, 0.2) is 5.11 Å². The van der Waals surface area contributed by atoms with Crippen molar-refractivity contribution in [2.24, 2.45) is 0 Å². The molecule has 9 nitrogen and oxygen atoms in total. The van der Waals surface area contributed by atoms with Crippen molar-refractivity contribution < 1.29 is 19.4 Å². The lowest BCUT2D eigenvalue weighted by molar-refractivity contribution is -0.119. The number of benzene rings is 2. The molecule has 0 saturated carbocycles. The third kappa shape index (κ3) is 5.46. The highest BCUT2D eigenvalue weighted by Crippen LogP contribution is 2.45. The molecule has 2 aromatic carbocycles. The van der Waals surface area contributed by atoms with E-state index in [2.05, 4.69) is 21.7 Å². The Labute approximate surface area is 248 Å². The maximum atomic E-state index is 12.4. The van der Waals surface area contributed by atoms with Gasteiger partial charge in [-0.15, -0.1) is 0 Å². The number of phenolic OH excluding ortho intramolecular Hbond substituents is 1. The van der Waals surface area contributed by atoms with Gasteiger partial charge in [0.05, 0.1) is 36.3 Å². The number of phenols is 1. The van der Waals surface area contributed by atoms with Gasteiger partial charge in [-0.3, -0.25) is 9.78 Å². The van der Waals surface area contributed by atoms with Gasteiger partial charge in [-0.2, -0.15) is 0 Å². The summed E-state index contributed by atoms with van der Waals surface area (Å²) in [4.78, 5) is 19.0. The Morgan fingerprint density at radius 3 is 2.66 bits per heavy atom. The molecule has 0 aliphatic carbocycles. The number of aryl methyl sites for hydroxylation is 1. The van der Waals surface area contributed by atoms with Crippen molar-refractivity contribution in [2.45, 2.75) is 25.9 Å². The average Bonchev–Trinajstić information content (AvgIpc) is 3.45. The van der Waals surface area contributed by atoms with Gasteiger partial charge in [0.25, 0.3) is 0 Å². The molecule has 1 saturated heterocycles. The SMILES string of the molecule is COCC(=O)Nc1cc(N2C(=S)N[C@@H](c3ccccn3)[C@@H]2c2cc(C)n(-c3cc(Cl)ccc3O)c2C)ccc1OC. The Morgan fingerprint density at radius 2 is 1.95 bits per heavy atom. The highest BCUT2D eigenvalue weighted by Gasteiger charge is 2.42. The minimum absolute atomic E-state index is 0.0935. The van der Waals surface area contributed by atoms with E-state index < -0.39 is 0 Å². The van der Waals surface area contributed by atoms with Crippen LogP contribution in [0.15, 0.2) is 66.9 Å². The number of carbonyl (C=O) groups excluding carboxylic acids is 1. The van der Waals surface area contributed by atoms with Crippen LogP contribution < -0.4 is 20.3 Å². The highest BCUT2D eigenvalue weighted by molar-refractivity contribution is 7.80. The first kappa shape index (κ1) is 28.4. The fourth-order valence-electron chi connectivity index (χ4n) is 5.34. The third-order valence-corrected chi connectivity index (χ3v) is 7.63. The number of anilines is 2. The van der Waals surface area contributed by atoms with Crippen LogP contribution in [-0.4, -0.2) is 46.5 Å². The van der Waals surface area contributed by atoms with Gasteiger partial charge >= 0.3 is 0 Å². The van der Waals surface area contributed by atoms with Crippen LogP contribution in [0.5, 0.6) is 11.5 Å². The number of rotatable bonds is 8.